The van der Waals surface area contributed by atoms with Crippen LogP contribution in [0.5, 0.6) is 0 Å². The average molecular weight is 305 g/mol. The molecule has 0 atom stereocenters. The van der Waals surface area contributed by atoms with Crippen LogP contribution in [0.25, 0.3) is 6.08 Å². The fraction of sp³-hybridized carbons (Fsp3) is 0.714. The van der Waals surface area contributed by atoms with Crippen molar-refractivity contribution in [2.24, 2.45) is 0 Å². The van der Waals surface area contributed by atoms with Crippen molar-refractivity contribution in [1.82, 2.24) is 0 Å². The summed E-state index contributed by atoms with van der Waals surface area (Å²) < 4.78 is 5.34. The molecular formula is C21H36O. The maximum absolute atomic E-state index is 5.34. The molecule has 126 valence electrons. The Morgan fingerprint density at radius 2 is 1.41 bits per heavy atom. The number of hydrogen-bond acceptors (Lipinski definition) is 1. The predicted octanol–water partition coefficient (Wildman–Crippen LogP) is 7.77. The van der Waals surface area contributed by atoms with E-state index in [9.17, 15) is 0 Å². The summed E-state index contributed by atoms with van der Waals surface area (Å²) in [6, 6.07) is 3.97. The van der Waals surface area contributed by atoms with E-state index in [4.69, 9.17) is 4.42 Å². The Morgan fingerprint density at radius 1 is 0.864 bits per heavy atom. The molecule has 0 saturated carbocycles. The normalized spacial score (nSPS) is 12.0. The Labute approximate surface area is 138 Å². The summed E-state index contributed by atoms with van der Waals surface area (Å²) in [4.78, 5) is 0. The molecule has 1 aromatic rings. The Balaban J connectivity index is 1.83. The third kappa shape index (κ3) is 10.7. The van der Waals surface area contributed by atoms with Crippen molar-refractivity contribution < 1.29 is 4.42 Å². The van der Waals surface area contributed by atoms with E-state index in [-0.39, 0.29) is 0 Å². The minimum absolute atomic E-state index is 0.983. The Kier molecular flexibility index (Phi) is 11.8. The monoisotopic (exact) mass is 304 g/mol. The van der Waals surface area contributed by atoms with Crippen molar-refractivity contribution in [1.29, 1.82) is 0 Å². The highest BCUT2D eigenvalue weighted by molar-refractivity contribution is 5.46. The van der Waals surface area contributed by atoms with Gasteiger partial charge in [-0.05, 0) is 38.0 Å². The second-order valence-corrected chi connectivity index (χ2v) is 6.65. The Hall–Kier alpha value is -0.980. The summed E-state index contributed by atoms with van der Waals surface area (Å²) in [6.07, 6.45) is 22.1. The van der Waals surface area contributed by atoms with Gasteiger partial charge in [-0.3, -0.25) is 0 Å². The molecule has 0 saturated heterocycles. The van der Waals surface area contributed by atoms with Crippen LogP contribution in [0.3, 0.4) is 0 Å². The van der Waals surface area contributed by atoms with Gasteiger partial charge in [0.1, 0.15) is 5.76 Å². The molecule has 0 amide bonds. The van der Waals surface area contributed by atoms with Gasteiger partial charge >= 0.3 is 0 Å². The highest BCUT2D eigenvalue weighted by Gasteiger charge is 1.96. The van der Waals surface area contributed by atoms with E-state index >= 15 is 0 Å². The van der Waals surface area contributed by atoms with Crippen molar-refractivity contribution in [3.8, 4) is 0 Å². The summed E-state index contributed by atoms with van der Waals surface area (Å²) in [5.74, 6) is 0.983. The van der Waals surface area contributed by atoms with E-state index in [0.717, 1.165) is 5.76 Å². The van der Waals surface area contributed by atoms with Crippen molar-refractivity contribution >= 4 is 6.08 Å². The van der Waals surface area contributed by atoms with Crippen molar-refractivity contribution in [3.63, 3.8) is 0 Å². The van der Waals surface area contributed by atoms with Gasteiger partial charge in [0, 0.05) is 0 Å². The number of hydrogen-bond donors (Lipinski definition) is 0. The first-order valence-electron chi connectivity index (χ1n) is 9.53. The van der Waals surface area contributed by atoms with Crippen LogP contribution in [0, 0.1) is 0 Å². The standard InChI is InChI=1S/C21H36O/c1-3-4-5-6-7-8-9-10-11-12-13-14-16-20(2)19-21-17-15-18-22-21/h15,17-19H,3-14,16H2,1-2H3/b20-19-. The van der Waals surface area contributed by atoms with Crippen LogP contribution < -0.4 is 0 Å². The Bertz CT molecular complexity index is 361. The number of rotatable bonds is 14. The van der Waals surface area contributed by atoms with Crippen LogP contribution in [0.1, 0.15) is 103 Å². The molecule has 1 heterocycles. The Morgan fingerprint density at radius 3 is 1.91 bits per heavy atom. The van der Waals surface area contributed by atoms with Gasteiger partial charge in [0.2, 0.25) is 0 Å². The molecule has 1 rings (SSSR count). The van der Waals surface area contributed by atoms with Crippen LogP contribution in [0.2, 0.25) is 0 Å². The van der Waals surface area contributed by atoms with E-state index in [0.29, 0.717) is 0 Å². The highest BCUT2D eigenvalue weighted by atomic mass is 16.3. The van der Waals surface area contributed by atoms with Gasteiger partial charge < -0.3 is 4.42 Å². The van der Waals surface area contributed by atoms with Crippen molar-refractivity contribution in [3.05, 3.63) is 29.7 Å². The zero-order valence-electron chi connectivity index (χ0n) is 14.9. The molecule has 0 spiro atoms. The first-order valence-corrected chi connectivity index (χ1v) is 9.53. The molecule has 0 aliphatic carbocycles. The first-order chi connectivity index (χ1) is 10.8. The molecule has 0 bridgehead atoms. The van der Waals surface area contributed by atoms with Crippen LogP contribution in [0.4, 0.5) is 0 Å². The molecule has 0 unspecified atom stereocenters. The summed E-state index contributed by atoms with van der Waals surface area (Å²) in [6.45, 7) is 4.50. The second kappa shape index (κ2) is 13.7. The van der Waals surface area contributed by atoms with Crippen LogP contribution in [0.15, 0.2) is 28.4 Å². The van der Waals surface area contributed by atoms with E-state index in [1.54, 1.807) is 6.26 Å². The molecule has 0 fully saturated rings. The van der Waals surface area contributed by atoms with Gasteiger partial charge in [-0.15, -0.1) is 0 Å². The lowest BCUT2D eigenvalue weighted by molar-refractivity contribution is 0.543. The summed E-state index contributed by atoms with van der Waals surface area (Å²) >= 11 is 0. The molecular weight excluding hydrogens is 268 g/mol. The van der Waals surface area contributed by atoms with E-state index in [1.807, 2.05) is 12.1 Å². The fourth-order valence-electron chi connectivity index (χ4n) is 2.93. The lowest BCUT2D eigenvalue weighted by Gasteiger charge is -2.03. The van der Waals surface area contributed by atoms with Crippen molar-refractivity contribution in [2.75, 3.05) is 0 Å². The van der Waals surface area contributed by atoms with Gasteiger partial charge in [0.15, 0.2) is 0 Å². The molecule has 1 heteroatoms. The van der Waals surface area contributed by atoms with Crippen molar-refractivity contribution in [2.45, 2.75) is 97.3 Å². The topological polar surface area (TPSA) is 13.1 Å². The van der Waals surface area contributed by atoms with Gasteiger partial charge in [0.05, 0.1) is 6.26 Å². The first kappa shape index (κ1) is 19.1. The lowest BCUT2D eigenvalue weighted by atomic mass is 10.0. The largest absolute Gasteiger partial charge is 0.465 e. The van der Waals surface area contributed by atoms with E-state index in [1.165, 1.54) is 89.0 Å². The molecule has 0 N–H and O–H groups in total. The SMILES string of the molecule is CCCCCCCCCCCCCC/C(C)=C\c1ccco1. The van der Waals surface area contributed by atoms with Gasteiger partial charge in [-0.1, -0.05) is 83.1 Å². The number of allylic oxidation sites excluding steroid dienone is 1. The summed E-state index contributed by atoms with van der Waals surface area (Å²) in [5, 5.41) is 0. The zero-order chi connectivity index (χ0) is 15.9. The average Bonchev–Trinajstić information content (AvgIpc) is 3.01. The predicted molar refractivity (Wildman–Crippen MR) is 98.1 cm³/mol. The zero-order valence-corrected chi connectivity index (χ0v) is 14.9. The van der Waals surface area contributed by atoms with E-state index in [2.05, 4.69) is 19.9 Å². The van der Waals surface area contributed by atoms with Crippen LogP contribution in [-0.4, -0.2) is 0 Å². The van der Waals surface area contributed by atoms with Gasteiger partial charge in [-0.2, -0.15) is 0 Å². The number of unbranched alkanes of at least 4 members (excludes halogenated alkanes) is 11. The third-order valence-electron chi connectivity index (χ3n) is 4.36. The van der Waals surface area contributed by atoms with Gasteiger partial charge in [0.25, 0.3) is 0 Å². The molecule has 0 aliphatic rings. The molecule has 22 heavy (non-hydrogen) atoms. The maximum atomic E-state index is 5.34. The fourth-order valence-corrected chi connectivity index (χ4v) is 2.93. The second-order valence-electron chi connectivity index (χ2n) is 6.65. The van der Waals surface area contributed by atoms with Crippen LogP contribution >= 0.6 is 0 Å². The van der Waals surface area contributed by atoms with E-state index < -0.39 is 0 Å². The summed E-state index contributed by atoms with van der Waals surface area (Å²) in [7, 11) is 0. The number of furan rings is 1. The summed E-state index contributed by atoms with van der Waals surface area (Å²) in [5.41, 5.74) is 1.43. The molecule has 0 aromatic carbocycles. The highest BCUT2D eigenvalue weighted by Crippen LogP contribution is 2.16. The quantitative estimate of drug-likeness (QED) is 0.320. The lowest BCUT2D eigenvalue weighted by Crippen LogP contribution is -1.83. The minimum Gasteiger partial charge on any atom is -0.465 e. The maximum Gasteiger partial charge on any atom is 0.126 e. The van der Waals surface area contributed by atoms with Gasteiger partial charge in [-0.25, -0.2) is 0 Å². The van der Waals surface area contributed by atoms with Crippen LogP contribution in [-0.2, 0) is 0 Å². The molecule has 0 aliphatic heterocycles. The molecule has 1 aromatic heterocycles. The molecule has 0 radical (unpaired) electrons. The third-order valence-corrected chi connectivity index (χ3v) is 4.36. The molecule has 1 nitrogen and oxygen atoms in total. The minimum atomic E-state index is 0.983. The smallest absolute Gasteiger partial charge is 0.126 e.